The Morgan fingerprint density at radius 3 is 2.84 bits per heavy atom. The van der Waals surface area contributed by atoms with Crippen LogP contribution < -0.4 is 4.74 Å². The minimum Gasteiger partial charge on any atom is -0.484 e. The molecular weight excluding hydrogens is 252 g/mol. The van der Waals surface area contributed by atoms with E-state index in [0.29, 0.717) is 11.3 Å². The molecule has 0 amide bonds. The predicted octanol–water partition coefficient (Wildman–Crippen LogP) is 2.59. The molecule has 3 rings (SSSR count). The normalized spacial score (nSPS) is 10.8. The molecule has 0 saturated carbocycles. The second kappa shape index (κ2) is 4.64. The van der Waals surface area contributed by atoms with E-state index in [2.05, 4.69) is 10.1 Å². The first-order valence-corrected chi connectivity index (χ1v) is 5.60. The lowest BCUT2D eigenvalue weighted by Crippen LogP contribution is -2.04. The van der Waals surface area contributed by atoms with E-state index in [1.165, 1.54) is 18.5 Å². The third-order valence-electron chi connectivity index (χ3n) is 2.67. The Morgan fingerprint density at radius 2 is 1.95 bits per heavy atom. The van der Waals surface area contributed by atoms with Crippen molar-refractivity contribution in [2.24, 2.45) is 0 Å². The van der Waals surface area contributed by atoms with E-state index >= 15 is 0 Å². The van der Waals surface area contributed by atoms with E-state index in [4.69, 9.17) is 4.74 Å². The van der Waals surface area contributed by atoms with Crippen LogP contribution in [0.5, 0.6) is 5.75 Å². The molecule has 96 valence electrons. The number of fused-ring (bicyclic) bond motifs is 1. The molecule has 0 aliphatic carbocycles. The number of rotatable bonds is 3. The Kier molecular flexibility index (Phi) is 2.83. The second-order valence-electron chi connectivity index (χ2n) is 3.89. The number of hydrogen-bond donors (Lipinski definition) is 0. The van der Waals surface area contributed by atoms with Crippen molar-refractivity contribution in [2.45, 2.75) is 6.61 Å². The molecule has 0 spiro atoms. The van der Waals surface area contributed by atoms with Gasteiger partial charge in [-0.05, 0) is 24.3 Å². The number of hydrogen-bond acceptors (Lipinski definition) is 3. The van der Waals surface area contributed by atoms with Crippen molar-refractivity contribution < 1.29 is 13.5 Å². The summed E-state index contributed by atoms with van der Waals surface area (Å²) < 4.78 is 33.3. The molecule has 6 heteroatoms. The Morgan fingerprint density at radius 1 is 1.11 bits per heavy atom. The molecule has 1 aromatic carbocycles. The minimum absolute atomic E-state index is 0.0705. The van der Waals surface area contributed by atoms with Crippen molar-refractivity contribution >= 4 is 5.65 Å². The lowest BCUT2D eigenvalue weighted by atomic mass is 10.3. The van der Waals surface area contributed by atoms with Crippen LogP contribution in [0.15, 0.2) is 42.7 Å². The summed E-state index contributed by atoms with van der Waals surface area (Å²) in [5.41, 5.74) is 1.36. The monoisotopic (exact) mass is 261 g/mol. The van der Waals surface area contributed by atoms with Crippen molar-refractivity contribution in [1.29, 1.82) is 0 Å². The number of benzene rings is 1. The fourth-order valence-electron chi connectivity index (χ4n) is 1.76. The van der Waals surface area contributed by atoms with Gasteiger partial charge in [0.25, 0.3) is 0 Å². The number of halogens is 2. The summed E-state index contributed by atoms with van der Waals surface area (Å²) in [5.74, 6) is -2.05. The molecule has 2 aromatic heterocycles. The third-order valence-corrected chi connectivity index (χ3v) is 2.67. The Balaban J connectivity index is 1.86. The van der Waals surface area contributed by atoms with Gasteiger partial charge in [0.15, 0.2) is 17.2 Å². The van der Waals surface area contributed by atoms with E-state index < -0.39 is 11.6 Å². The van der Waals surface area contributed by atoms with Gasteiger partial charge < -0.3 is 4.74 Å². The number of ether oxygens (including phenoxy) is 1. The first-order chi connectivity index (χ1) is 9.25. The highest BCUT2D eigenvalue weighted by Gasteiger charge is 2.10. The van der Waals surface area contributed by atoms with Crippen LogP contribution in [0.25, 0.3) is 5.65 Å². The Bertz CT molecular complexity index is 727. The average Bonchev–Trinajstić information content (AvgIpc) is 2.89. The van der Waals surface area contributed by atoms with Crippen molar-refractivity contribution in [3.8, 4) is 5.75 Å². The van der Waals surface area contributed by atoms with Gasteiger partial charge in [-0.25, -0.2) is 13.9 Å². The van der Waals surface area contributed by atoms with Crippen LogP contribution in [0, 0.1) is 11.6 Å². The first-order valence-electron chi connectivity index (χ1n) is 5.60. The summed E-state index contributed by atoms with van der Waals surface area (Å²) in [6.45, 7) is 0.0705. The highest BCUT2D eigenvalue weighted by molar-refractivity contribution is 5.37. The molecule has 0 N–H and O–H groups in total. The lowest BCUT2D eigenvalue weighted by molar-refractivity contribution is 0.278. The zero-order chi connectivity index (χ0) is 13.2. The van der Waals surface area contributed by atoms with E-state index in [9.17, 15) is 8.78 Å². The van der Waals surface area contributed by atoms with E-state index in [1.807, 2.05) is 0 Å². The molecule has 0 aliphatic rings. The lowest BCUT2D eigenvalue weighted by Gasteiger charge is -2.08. The average molecular weight is 261 g/mol. The molecular formula is C13H9F2N3O. The molecule has 0 radical (unpaired) electrons. The van der Waals surface area contributed by atoms with Gasteiger partial charge in [-0.3, -0.25) is 0 Å². The number of aromatic nitrogens is 3. The highest BCUT2D eigenvalue weighted by Crippen LogP contribution is 2.20. The van der Waals surface area contributed by atoms with Gasteiger partial charge in [0.05, 0.1) is 5.69 Å². The van der Waals surface area contributed by atoms with Crippen LogP contribution in [0.3, 0.4) is 0 Å². The summed E-state index contributed by atoms with van der Waals surface area (Å²) in [4.78, 5) is 4.03. The smallest absolute Gasteiger partial charge is 0.200 e. The fourth-order valence-corrected chi connectivity index (χ4v) is 1.76. The van der Waals surface area contributed by atoms with Crippen LogP contribution in [-0.2, 0) is 6.61 Å². The molecule has 0 fully saturated rings. The SMILES string of the molecule is Fc1cccc(OCc2cccc3ncnn23)c1F. The van der Waals surface area contributed by atoms with Gasteiger partial charge in [-0.1, -0.05) is 12.1 Å². The highest BCUT2D eigenvalue weighted by atomic mass is 19.2. The van der Waals surface area contributed by atoms with Crippen LogP contribution in [0.1, 0.15) is 5.69 Å². The van der Waals surface area contributed by atoms with Gasteiger partial charge >= 0.3 is 0 Å². The van der Waals surface area contributed by atoms with Gasteiger partial charge in [-0.2, -0.15) is 9.49 Å². The maximum atomic E-state index is 13.4. The second-order valence-corrected chi connectivity index (χ2v) is 3.89. The van der Waals surface area contributed by atoms with Crippen LogP contribution in [0.2, 0.25) is 0 Å². The maximum absolute atomic E-state index is 13.4. The molecule has 0 aliphatic heterocycles. The number of pyridine rings is 1. The fraction of sp³-hybridized carbons (Fsp3) is 0.0769. The zero-order valence-electron chi connectivity index (χ0n) is 9.75. The Hall–Kier alpha value is -2.50. The zero-order valence-corrected chi connectivity index (χ0v) is 9.75. The van der Waals surface area contributed by atoms with Gasteiger partial charge in [0.1, 0.15) is 12.9 Å². The molecule has 0 bridgehead atoms. The van der Waals surface area contributed by atoms with Gasteiger partial charge in [-0.15, -0.1) is 0 Å². The molecule has 0 atom stereocenters. The summed E-state index contributed by atoms with van der Waals surface area (Å²) in [6, 6.07) is 9.17. The molecule has 19 heavy (non-hydrogen) atoms. The van der Waals surface area contributed by atoms with E-state index in [-0.39, 0.29) is 12.4 Å². The summed E-state index contributed by atoms with van der Waals surface area (Å²) in [7, 11) is 0. The maximum Gasteiger partial charge on any atom is 0.200 e. The molecule has 0 unspecified atom stereocenters. The van der Waals surface area contributed by atoms with Gasteiger partial charge in [0.2, 0.25) is 5.82 Å². The minimum atomic E-state index is -0.992. The van der Waals surface area contributed by atoms with Crippen LogP contribution in [-0.4, -0.2) is 14.6 Å². The van der Waals surface area contributed by atoms with Crippen LogP contribution >= 0.6 is 0 Å². The summed E-state index contributed by atoms with van der Waals surface area (Å²) >= 11 is 0. The van der Waals surface area contributed by atoms with Crippen molar-refractivity contribution in [3.05, 3.63) is 60.1 Å². The molecule has 3 aromatic rings. The molecule has 0 saturated heterocycles. The van der Waals surface area contributed by atoms with Crippen molar-refractivity contribution in [2.75, 3.05) is 0 Å². The topological polar surface area (TPSA) is 39.4 Å². The molecule has 2 heterocycles. The first kappa shape index (κ1) is 11.6. The van der Waals surface area contributed by atoms with Gasteiger partial charge in [0, 0.05) is 0 Å². The number of nitrogens with zero attached hydrogens (tertiary/aromatic N) is 3. The van der Waals surface area contributed by atoms with Crippen molar-refractivity contribution in [3.63, 3.8) is 0 Å². The molecule has 4 nitrogen and oxygen atoms in total. The third kappa shape index (κ3) is 2.12. The predicted molar refractivity (Wildman–Crippen MR) is 63.7 cm³/mol. The quantitative estimate of drug-likeness (QED) is 0.727. The van der Waals surface area contributed by atoms with E-state index in [0.717, 1.165) is 6.07 Å². The van der Waals surface area contributed by atoms with Crippen molar-refractivity contribution in [1.82, 2.24) is 14.6 Å². The standard InChI is InChI=1S/C13H9F2N3O/c14-10-4-2-5-11(13(10)15)19-7-9-3-1-6-12-16-8-17-18(9)12/h1-6,8H,7H2. The summed E-state index contributed by atoms with van der Waals surface area (Å²) in [5, 5.41) is 4.03. The van der Waals surface area contributed by atoms with Crippen LogP contribution in [0.4, 0.5) is 8.78 Å². The summed E-state index contributed by atoms with van der Waals surface area (Å²) in [6.07, 6.45) is 1.42. The van der Waals surface area contributed by atoms with E-state index in [1.54, 1.807) is 22.7 Å². The Labute approximate surface area is 107 Å². The largest absolute Gasteiger partial charge is 0.484 e.